The third-order valence-electron chi connectivity index (χ3n) is 8.57. The predicted octanol–water partition coefficient (Wildman–Crippen LogP) is 9.03. The van der Waals surface area contributed by atoms with Crippen molar-refractivity contribution in [3.05, 3.63) is 24.3 Å². The maximum Gasteiger partial charge on any atom is 2.00 e. The van der Waals surface area contributed by atoms with Gasteiger partial charge in [0.2, 0.25) is 0 Å². The fraction of sp³-hybridized carbons (Fsp3) is 0.810. The first-order valence-electron chi connectivity index (χ1n) is 20.3. The number of carboxylic acids is 2. The topological polar surface area (TPSA) is 133 Å². The van der Waals surface area contributed by atoms with E-state index >= 15 is 0 Å². The van der Waals surface area contributed by atoms with Crippen molar-refractivity contribution in [3.63, 3.8) is 0 Å². The molecule has 8 nitrogen and oxygen atoms in total. The summed E-state index contributed by atoms with van der Waals surface area (Å²) in [5.74, 6) is -3.60. The molecule has 9 heteroatoms. The first-order chi connectivity index (χ1) is 24.1. The zero-order valence-electron chi connectivity index (χ0n) is 33.2. The van der Waals surface area contributed by atoms with Gasteiger partial charge < -0.3 is 29.3 Å². The van der Waals surface area contributed by atoms with Gasteiger partial charge in [-0.05, 0) is 78.1 Å². The second-order valence-electron chi connectivity index (χ2n) is 13.6. The molecule has 0 aromatic carbocycles. The molecule has 51 heavy (non-hydrogen) atoms. The van der Waals surface area contributed by atoms with Crippen LogP contribution in [0.1, 0.15) is 207 Å². The molecule has 2 unspecified atom stereocenters. The number of carbonyl (C=O) groups is 4. The Kier molecular flexibility index (Phi) is 44.6. The number of unbranched alkanes of at least 4 members (excludes halogenated alkanes) is 22. The SMILES string of the molecule is CCCCCCCC/C=C\CCCCCCCC(=O)OC(C)C(=O)[O-].CCCCCCCC/C=C\CCCCCCCC(=O)OC(C)C(=O)[O-].[Mg+2]. The van der Waals surface area contributed by atoms with Gasteiger partial charge in [0.15, 0.2) is 0 Å². The standard InChI is InChI=1S/2C21H38O4.Mg/c2*1-3-4-5-6-7-8-9-10-11-12-13-14-15-16-17-18-20(22)25-19(2)21(23)24;/h2*10-11,19H,3-9,12-18H2,1-2H3,(H,23,24);/q;;+2/p-2/b2*11-10-;. The van der Waals surface area contributed by atoms with Gasteiger partial charge in [-0.25, -0.2) is 0 Å². The number of carbonyl (C=O) groups excluding carboxylic acids is 4. The van der Waals surface area contributed by atoms with Crippen LogP contribution in [-0.4, -0.2) is 59.1 Å². The van der Waals surface area contributed by atoms with Crippen molar-refractivity contribution in [2.75, 3.05) is 0 Å². The normalized spacial score (nSPS) is 12.2. The Hall–Kier alpha value is -1.87. The summed E-state index contributed by atoms with van der Waals surface area (Å²) in [6.45, 7) is 7.12. The molecule has 0 aliphatic heterocycles. The molecule has 0 aliphatic carbocycles. The summed E-state index contributed by atoms with van der Waals surface area (Å²) in [5, 5.41) is 20.9. The minimum absolute atomic E-state index is 0. The van der Waals surface area contributed by atoms with Crippen LogP contribution >= 0.6 is 0 Å². The monoisotopic (exact) mass is 731 g/mol. The zero-order valence-corrected chi connectivity index (χ0v) is 34.7. The zero-order chi connectivity index (χ0) is 37.5. The molecular formula is C42H74MgO8. The van der Waals surface area contributed by atoms with Gasteiger partial charge in [-0.2, -0.15) is 0 Å². The van der Waals surface area contributed by atoms with Gasteiger partial charge in [0.25, 0.3) is 0 Å². The molecular weight excluding hydrogens is 657 g/mol. The first kappa shape index (κ1) is 53.5. The number of esters is 2. The molecule has 0 spiro atoms. The van der Waals surface area contributed by atoms with Crippen LogP contribution in [0.25, 0.3) is 0 Å². The number of allylic oxidation sites excluding steroid dienone is 4. The van der Waals surface area contributed by atoms with E-state index in [2.05, 4.69) is 38.2 Å². The number of hydrogen-bond donors (Lipinski definition) is 0. The molecule has 292 valence electrons. The van der Waals surface area contributed by atoms with Crippen molar-refractivity contribution in [3.8, 4) is 0 Å². The third kappa shape index (κ3) is 44.2. The first-order valence-corrected chi connectivity index (χ1v) is 20.3. The molecule has 0 aliphatic rings. The maximum atomic E-state index is 11.4. The molecule has 0 radical (unpaired) electrons. The van der Waals surface area contributed by atoms with Crippen LogP contribution in [0.15, 0.2) is 24.3 Å². The third-order valence-corrected chi connectivity index (χ3v) is 8.57. The summed E-state index contributed by atoms with van der Waals surface area (Å²) in [6, 6.07) is 0. The Morgan fingerprint density at radius 3 is 0.922 bits per heavy atom. The number of ether oxygens (including phenoxy) is 2. The summed E-state index contributed by atoms with van der Waals surface area (Å²) >= 11 is 0. The van der Waals surface area contributed by atoms with Crippen LogP contribution in [0.4, 0.5) is 0 Å². The van der Waals surface area contributed by atoms with E-state index in [9.17, 15) is 29.4 Å². The van der Waals surface area contributed by atoms with Crippen LogP contribution < -0.4 is 10.2 Å². The van der Waals surface area contributed by atoms with Gasteiger partial charge >= 0.3 is 35.0 Å². The molecule has 0 rings (SSSR count). The summed E-state index contributed by atoms with van der Waals surface area (Å²) < 4.78 is 9.44. The number of rotatable bonds is 34. The van der Waals surface area contributed by atoms with Crippen molar-refractivity contribution in [2.24, 2.45) is 0 Å². The summed E-state index contributed by atoms with van der Waals surface area (Å²) in [5.41, 5.74) is 0. The molecule has 0 saturated heterocycles. The second kappa shape index (κ2) is 42.5. The van der Waals surface area contributed by atoms with E-state index in [1.165, 1.54) is 129 Å². The minimum Gasteiger partial charge on any atom is -0.546 e. The van der Waals surface area contributed by atoms with Crippen molar-refractivity contribution >= 4 is 46.9 Å². The smallest absolute Gasteiger partial charge is 0.546 e. The number of aliphatic carboxylic acids is 2. The Labute approximate surface area is 328 Å². The fourth-order valence-electron chi connectivity index (χ4n) is 5.29. The number of carboxylic acid groups (broad SMARTS) is 2. The Bertz CT molecular complexity index is 803. The predicted molar refractivity (Wildman–Crippen MR) is 206 cm³/mol. The molecule has 0 N–H and O–H groups in total. The van der Waals surface area contributed by atoms with E-state index < -0.39 is 36.1 Å². The van der Waals surface area contributed by atoms with Gasteiger partial charge in [-0.3, -0.25) is 9.59 Å². The van der Waals surface area contributed by atoms with E-state index in [4.69, 9.17) is 9.47 Å². The van der Waals surface area contributed by atoms with E-state index in [-0.39, 0.29) is 35.9 Å². The van der Waals surface area contributed by atoms with Gasteiger partial charge in [0, 0.05) is 12.8 Å². The van der Waals surface area contributed by atoms with E-state index in [0.717, 1.165) is 51.4 Å². The average molecular weight is 731 g/mol. The summed E-state index contributed by atoms with van der Waals surface area (Å²) in [6.07, 6.45) is 38.8. The van der Waals surface area contributed by atoms with E-state index in [1.54, 1.807) is 0 Å². The molecule has 0 heterocycles. The summed E-state index contributed by atoms with van der Waals surface area (Å²) in [7, 11) is 0. The summed E-state index contributed by atoms with van der Waals surface area (Å²) in [4.78, 5) is 43.6. The van der Waals surface area contributed by atoms with Crippen LogP contribution in [-0.2, 0) is 28.7 Å². The molecule has 0 aromatic heterocycles. The van der Waals surface area contributed by atoms with Crippen LogP contribution in [0.3, 0.4) is 0 Å². The van der Waals surface area contributed by atoms with Crippen molar-refractivity contribution < 1.29 is 38.9 Å². The Morgan fingerprint density at radius 1 is 0.431 bits per heavy atom. The van der Waals surface area contributed by atoms with Crippen LogP contribution in [0, 0.1) is 0 Å². The van der Waals surface area contributed by atoms with E-state index in [0.29, 0.717) is 0 Å². The van der Waals surface area contributed by atoms with Gasteiger partial charge in [0.1, 0.15) is 12.2 Å². The molecule has 0 bridgehead atoms. The second-order valence-corrected chi connectivity index (χ2v) is 13.6. The minimum atomic E-state index is -1.35. The van der Waals surface area contributed by atoms with Gasteiger partial charge in [-0.15, -0.1) is 0 Å². The van der Waals surface area contributed by atoms with Crippen molar-refractivity contribution in [1.29, 1.82) is 0 Å². The quantitative estimate of drug-likeness (QED) is 0.0277. The Morgan fingerprint density at radius 2 is 0.667 bits per heavy atom. The van der Waals surface area contributed by atoms with E-state index in [1.807, 2.05) is 0 Å². The molecule has 0 aromatic rings. The molecule has 0 amide bonds. The average Bonchev–Trinajstić information content (AvgIpc) is 3.08. The molecule has 0 saturated carbocycles. The van der Waals surface area contributed by atoms with Crippen LogP contribution in [0.5, 0.6) is 0 Å². The van der Waals surface area contributed by atoms with Crippen LogP contribution in [0.2, 0.25) is 0 Å². The molecule has 2 atom stereocenters. The largest absolute Gasteiger partial charge is 2.00 e. The van der Waals surface area contributed by atoms with Gasteiger partial charge in [-0.1, -0.05) is 141 Å². The number of hydrogen-bond acceptors (Lipinski definition) is 8. The van der Waals surface area contributed by atoms with Crippen molar-refractivity contribution in [1.82, 2.24) is 0 Å². The fourth-order valence-corrected chi connectivity index (χ4v) is 5.29. The van der Waals surface area contributed by atoms with Gasteiger partial charge in [0.05, 0.1) is 11.9 Å². The maximum absolute atomic E-state index is 11.4. The van der Waals surface area contributed by atoms with Crippen molar-refractivity contribution in [2.45, 2.75) is 220 Å². The Balaban J connectivity index is -0.000000886. The molecule has 0 fully saturated rings.